The van der Waals surface area contributed by atoms with E-state index in [0.29, 0.717) is 36.9 Å². The van der Waals surface area contributed by atoms with Crippen molar-refractivity contribution in [2.24, 2.45) is 5.10 Å². The fraction of sp³-hybridized carbons (Fsp3) is 0.259. The summed E-state index contributed by atoms with van der Waals surface area (Å²) < 4.78 is 18.3. The van der Waals surface area contributed by atoms with Crippen LogP contribution in [-0.4, -0.2) is 31.9 Å². The van der Waals surface area contributed by atoms with Gasteiger partial charge in [-0.05, 0) is 89.3 Å². The van der Waals surface area contributed by atoms with Crippen molar-refractivity contribution in [1.29, 1.82) is 0 Å². The number of amides is 1. The lowest BCUT2D eigenvalue weighted by atomic mass is 10.1. The van der Waals surface area contributed by atoms with Gasteiger partial charge in [0.1, 0.15) is 19.0 Å². The predicted molar refractivity (Wildman–Crippen MR) is 138 cm³/mol. The lowest BCUT2D eigenvalue weighted by molar-refractivity contribution is 0.0955. The van der Waals surface area contributed by atoms with Crippen LogP contribution in [0.1, 0.15) is 40.9 Å². The van der Waals surface area contributed by atoms with Gasteiger partial charge >= 0.3 is 0 Å². The molecule has 0 saturated heterocycles. The van der Waals surface area contributed by atoms with Crippen LogP contribution in [0.4, 0.5) is 0 Å². The van der Waals surface area contributed by atoms with Gasteiger partial charge in [0.25, 0.3) is 5.91 Å². The number of hydrazone groups is 1. The number of nitrogens with zero attached hydrogens (tertiary/aromatic N) is 1. The lowest BCUT2D eigenvalue weighted by Crippen LogP contribution is -2.17. The van der Waals surface area contributed by atoms with Crippen LogP contribution in [0.5, 0.6) is 17.2 Å². The maximum atomic E-state index is 12.1. The average Bonchev–Trinajstić information content (AvgIpc) is 2.83. The molecule has 0 bridgehead atoms. The molecule has 0 fully saturated rings. The molecule has 0 saturated carbocycles. The summed E-state index contributed by atoms with van der Waals surface area (Å²) >= 11 is 3.56. The molecular formula is C27H29BrN2O4. The van der Waals surface area contributed by atoms with E-state index in [-0.39, 0.29) is 5.91 Å². The fourth-order valence-corrected chi connectivity index (χ4v) is 3.87. The van der Waals surface area contributed by atoms with Gasteiger partial charge in [-0.25, -0.2) is 5.43 Å². The third-order valence-corrected chi connectivity index (χ3v) is 5.45. The van der Waals surface area contributed by atoms with Crippen molar-refractivity contribution in [1.82, 2.24) is 5.43 Å². The second-order valence-electron chi connectivity index (χ2n) is 7.53. The van der Waals surface area contributed by atoms with Crippen molar-refractivity contribution in [3.05, 3.63) is 87.4 Å². The second kappa shape index (κ2) is 12.8. The van der Waals surface area contributed by atoms with E-state index in [1.54, 1.807) is 30.5 Å². The average molecular weight is 525 g/mol. The third-order valence-electron chi connectivity index (χ3n) is 4.86. The number of ether oxygens (including phenoxy) is 3. The van der Waals surface area contributed by atoms with Gasteiger partial charge in [0.05, 0.1) is 17.3 Å². The number of nitrogens with one attached hydrogen (secondary N) is 1. The van der Waals surface area contributed by atoms with Gasteiger partial charge in [0.15, 0.2) is 11.5 Å². The Morgan fingerprint density at radius 1 is 1.00 bits per heavy atom. The molecule has 0 aromatic heterocycles. The molecule has 0 spiro atoms. The number of hydrogen-bond donors (Lipinski definition) is 1. The smallest absolute Gasteiger partial charge is 0.271 e. The van der Waals surface area contributed by atoms with Crippen LogP contribution >= 0.6 is 15.9 Å². The van der Waals surface area contributed by atoms with Crippen LogP contribution in [-0.2, 0) is 6.42 Å². The highest BCUT2D eigenvalue weighted by atomic mass is 79.9. The normalized spacial score (nSPS) is 10.8. The van der Waals surface area contributed by atoms with E-state index in [1.807, 2.05) is 31.2 Å². The zero-order chi connectivity index (χ0) is 24.3. The fourth-order valence-electron chi connectivity index (χ4n) is 3.30. The molecule has 3 aromatic rings. The summed E-state index contributed by atoms with van der Waals surface area (Å²) in [6.45, 7) is 7.33. The van der Waals surface area contributed by atoms with E-state index >= 15 is 0 Å². The largest absolute Gasteiger partial charge is 0.490 e. The maximum absolute atomic E-state index is 12.1. The summed E-state index contributed by atoms with van der Waals surface area (Å²) in [7, 11) is 0. The first-order valence-electron chi connectivity index (χ1n) is 11.2. The number of aryl methyl sites for hydroxylation is 2. The molecule has 7 heteroatoms. The van der Waals surface area contributed by atoms with Gasteiger partial charge in [-0.3, -0.25) is 4.79 Å². The number of hydrogen-bond acceptors (Lipinski definition) is 5. The summed E-state index contributed by atoms with van der Waals surface area (Å²) in [6, 6.07) is 18.8. The first-order valence-corrected chi connectivity index (χ1v) is 12.0. The zero-order valence-electron chi connectivity index (χ0n) is 19.6. The Kier molecular flexibility index (Phi) is 9.52. The Bertz CT molecular complexity index is 1130. The monoisotopic (exact) mass is 524 g/mol. The van der Waals surface area contributed by atoms with Crippen molar-refractivity contribution < 1.29 is 19.0 Å². The maximum Gasteiger partial charge on any atom is 0.271 e. The van der Waals surface area contributed by atoms with Gasteiger partial charge in [-0.15, -0.1) is 0 Å². The van der Waals surface area contributed by atoms with E-state index in [9.17, 15) is 4.79 Å². The van der Waals surface area contributed by atoms with Gasteiger partial charge < -0.3 is 14.2 Å². The van der Waals surface area contributed by atoms with Gasteiger partial charge in [-0.1, -0.05) is 31.2 Å². The summed E-state index contributed by atoms with van der Waals surface area (Å²) in [6.07, 6.45) is 2.52. The first kappa shape index (κ1) is 25.3. The van der Waals surface area contributed by atoms with E-state index in [0.717, 1.165) is 22.2 Å². The standard InChI is InChI=1S/C27H29BrN2O4/c1-4-20-13-19(3)14-23(15-20)33-11-12-34-26-24(28)16-21(17-25(26)32-5-2)18-29-30-27(31)22-9-7-6-8-10-22/h6-10,13-18H,4-5,11-12H2,1-3H3,(H,30,31)/b29-18-. The molecule has 3 rings (SSSR count). The van der Waals surface area contributed by atoms with Gasteiger partial charge in [-0.2, -0.15) is 5.10 Å². The lowest BCUT2D eigenvalue weighted by Gasteiger charge is -2.15. The molecule has 0 radical (unpaired) electrons. The highest BCUT2D eigenvalue weighted by Gasteiger charge is 2.12. The Hall–Kier alpha value is -3.32. The highest BCUT2D eigenvalue weighted by Crippen LogP contribution is 2.36. The number of carbonyl (C=O) groups excluding carboxylic acids is 1. The molecule has 6 nitrogen and oxygen atoms in total. The third kappa shape index (κ3) is 7.35. The van der Waals surface area contributed by atoms with E-state index in [1.165, 1.54) is 11.1 Å². The Labute approximate surface area is 209 Å². The summed E-state index contributed by atoms with van der Waals surface area (Å²) in [5.41, 5.74) is 6.24. The van der Waals surface area contributed by atoms with Gasteiger partial charge in [0, 0.05) is 5.56 Å². The predicted octanol–water partition coefficient (Wildman–Crippen LogP) is 5.94. The molecule has 3 aromatic carbocycles. The topological polar surface area (TPSA) is 69.2 Å². The van der Waals surface area contributed by atoms with Crippen LogP contribution < -0.4 is 19.6 Å². The van der Waals surface area contributed by atoms with Crippen LogP contribution in [0.25, 0.3) is 0 Å². The molecule has 34 heavy (non-hydrogen) atoms. The summed E-state index contributed by atoms with van der Waals surface area (Å²) in [5.74, 6) is 1.74. The molecule has 0 unspecified atom stereocenters. The molecule has 0 aliphatic rings. The van der Waals surface area contributed by atoms with Crippen LogP contribution in [0.15, 0.2) is 70.2 Å². The van der Waals surface area contributed by atoms with Crippen molar-refractivity contribution >= 4 is 28.1 Å². The number of carbonyl (C=O) groups is 1. The van der Waals surface area contributed by atoms with E-state index in [2.05, 4.69) is 52.4 Å². The number of benzene rings is 3. The van der Waals surface area contributed by atoms with Crippen molar-refractivity contribution in [3.63, 3.8) is 0 Å². The van der Waals surface area contributed by atoms with Crippen molar-refractivity contribution in [2.75, 3.05) is 19.8 Å². The zero-order valence-corrected chi connectivity index (χ0v) is 21.2. The SMILES string of the molecule is CCOc1cc(/C=N\NC(=O)c2ccccc2)cc(Br)c1OCCOc1cc(C)cc(CC)c1. The molecular weight excluding hydrogens is 496 g/mol. The first-order chi connectivity index (χ1) is 16.5. The van der Waals surface area contributed by atoms with E-state index < -0.39 is 0 Å². The van der Waals surface area contributed by atoms with Crippen molar-refractivity contribution in [3.8, 4) is 17.2 Å². The number of rotatable bonds is 11. The minimum absolute atomic E-state index is 0.277. The Balaban J connectivity index is 1.61. The Morgan fingerprint density at radius 2 is 1.76 bits per heavy atom. The van der Waals surface area contributed by atoms with Gasteiger partial charge in [0.2, 0.25) is 0 Å². The molecule has 1 N–H and O–H groups in total. The second-order valence-corrected chi connectivity index (χ2v) is 8.39. The minimum atomic E-state index is -0.277. The molecule has 0 heterocycles. The molecule has 1 amide bonds. The Morgan fingerprint density at radius 3 is 2.50 bits per heavy atom. The van der Waals surface area contributed by atoms with Crippen LogP contribution in [0.3, 0.4) is 0 Å². The quantitative estimate of drug-likeness (QED) is 0.191. The van der Waals surface area contributed by atoms with Crippen LogP contribution in [0, 0.1) is 6.92 Å². The van der Waals surface area contributed by atoms with Crippen molar-refractivity contribution in [2.45, 2.75) is 27.2 Å². The summed E-state index contributed by atoms with van der Waals surface area (Å²) in [5, 5.41) is 4.06. The van der Waals surface area contributed by atoms with E-state index in [4.69, 9.17) is 14.2 Å². The molecule has 0 aliphatic heterocycles. The molecule has 178 valence electrons. The molecule has 0 aliphatic carbocycles. The molecule has 0 atom stereocenters. The number of halogens is 1. The van der Waals surface area contributed by atoms with Crippen LogP contribution in [0.2, 0.25) is 0 Å². The minimum Gasteiger partial charge on any atom is -0.490 e. The highest BCUT2D eigenvalue weighted by molar-refractivity contribution is 9.10. The summed E-state index contributed by atoms with van der Waals surface area (Å²) in [4.78, 5) is 12.1.